The highest BCUT2D eigenvalue weighted by Crippen LogP contribution is 2.21. The molecule has 0 heterocycles. The smallest absolute Gasteiger partial charge is 0.257 e. The molecule has 0 aliphatic carbocycles. The minimum absolute atomic E-state index is 0.0239. The molecule has 2 rings (SSSR count). The van der Waals surface area contributed by atoms with Crippen molar-refractivity contribution in [3.05, 3.63) is 66.2 Å². The van der Waals surface area contributed by atoms with Gasteiger partial charge in [0.1, 0.15) is 24.2 Å². The van der Waals surface area contributed by atoms with Crippen molar-refractivity contribution in [2.75, 3.05) is 32.8 Å². The first-order chi connectivity index (χ1) is 15.1. The number of nitrogens with one attached hydrogen (secondary N) is 2. The zero-order valence-corrected chi connectivity index (χ0v) is 18.5. The van der Waals surface area contributed by atoms with E-state index >= 15 is 0 Å². The maximum absolute atomic E-state index is 11.6. The van der Waals surface area contributed by atoms with Crippen LogP contribution < -0.4 is 20.1 Å². The number of para-hydroxylation sites is 1. The van der Waals surface area contributed by atoms with Crippen molar-refractivity contribution in [2.45, 2.75) is 32.8 Å². The second-order valence-corrected chi connectivity index (χ2v) is 7.21. The van der Waals surface area contributed by atoms with E-state index in [1.165, 1.54) is 5.57 Å². The lowest BCUT2D eigenvalue weighted by Gasteiger charge is -2.14. The molecule has 0 fully saturated rings. The number of carbonyl (C=O) groups is 1. The molecule has 6 heteroatoms. The molecule has 0 radical (unpaired) electrons. The molecule has 0 saturated heterocycles. The summed E-state index contributed by atoms with van der Waals surface area (Å²) in [5.74, 6) is 1.32. The first-order valence-electron chi connectivity index (χ1n) is 10.8. The molecule has 1 atom stereocenters. The summed E-state index contributed by atoms with van der Waals surface area (Å²) in [5.41, 5.74) is 2.31. The van der Waals surface area contributed by atoms with Gasteiger partial charge >= 0.3 is 0 Å². The van der Waals surface area contributed by atoms with Gasteiger partial charge in [-0.3, -0.25) is 4.79 Å². The lowest BCUT2D eigenvalue weighted by atomic mass is 10.0. The molecule has 168 valence electrons. The molecule has 0 spiro atoms. The highest BCUT2D eigenvalue weighted by molar-refractivity contribution is 5.77. The van der Waals surface area contributed by atoms with Crippen LogP contribution in [-0.2, 0) is 4.79 Å². The predicted octanol–water partition coefficient (Wildman–Crippen LogP) is 3.41. The van der Waals surface area contributed by atoms with E-state index < -0.39 is 6.10 Å². The maximum atomic E-state index is 11.6. The van der Waals surface area contributed by atoms with Crippen LogP contribution in [0.2, 0.25) is 0 Å². The summed E-state index contributed by atoms with van der Waals surface area (Å²) in [6.07, 6.45) is 3.26. The van der Waals surface area contributed by atoms with E-state index in [2.05, 4.69) is 16.7 Å². The van der Waals surface area contributed by atoms with Gasteiger partial charge in [0.15, 0.2) is 6.61 Å². The van der Waals surface area contributed by atoms with Crippen molar-refractivity contribution >= 4 is 11.5 Å². The van der Waals surface area contributed by atoms with Crippen molar-refractivity contribution in [2.24, 2.45) is 0 Å². The molecule has 2 aromatic rings. The van der Waals surface area contributed by atoms with Gasteiger partial charge in [-0.15, -0.1) is 0 Å². The van der Waals surface area contributed by atoms with Gasteiger partial charge in [-0.05, 0) is 61.7 Å². The van der Waals surface area contributed by atoms with Crippen LogP contribution in [-0.4, -0.2) is 50.0 Å². The molecular weight excluding hydrogens is 392 g/mol. The SMILES string of the molecule is C/C=C(\CCNCC(O)COc1ccccc1)c1ccc(OCC(=O)NCCC)cc1. The van der Waals surface area contributed by atoms with Crippen LogP contribution in [0.3, 0.4) is 0 Å². The van der Waals surface area contributed by atoms with Crippen LogP contribution >= 0.6 is 0 Å². The number of rotatable bonds is 14. The van der Waals surface area contributed by atoms with Gasteiger partial charge in [0.05, 0.1) is 0 Å². The third kappa shape index (κ3) is 9.68. The highest BCUT2D eigenvalue weighted by Gasteiger charge is 2.07. The van der Waals surface area contributed by atoms with Crippen molar-refractivity contribution in [1.29, 1.82) is 0 Å². The summed E-state index contributed by atoms with van der Waals surface area (Å²) in [5, 5.41) is 16.1. The standard InChI is InChI=1S/C25H34N2O4/c1-3-15-27-25(29)19-31-24-12-10-21(11-13-24)20(4-2)14-16-26-17-22(28)18-30-23-8-6-5-7-9-23/h4-13,22,26,28H,3,14-19H2,1-2H3,(H,27,29)/b20-4+. The Hall–Kier alpha value is -2.83. The van der Waals surface area contributed by atoms with Crippen LogP contribution in [0.4, 0.5) is 0 Å². The Morgan fingerprint density at radius 1 is 1.03 bits per heavy atom. The Morgan fingerprint density at radius 3 is 2.42 bits per heavy atom. The summed E-state index contributed by atoms with van der Waals surface area (Å²) in [6.45, 7) is 6.18. The first kappa shape index (κ1) is 24.4. The molecule has 0 bridgehead atoms. The average molecular weight is 427 g/mol. The number of carbonyl (C=O) groups excluding carboxylic acids is 1. The summed E-state index contributed by atoms with van der Waals surface area (Å²) in [7, 11) is 0. The van der Waals surface area contributed by atoms with E-state index in [9.17, 15) is 9.90 Å². The van der Waals surface area contributed by atoms with Gasteiger partial charge in [0.25, 0.3) is 5.91 Å². The van der Waals surface area contributed by atoms with E-state index in [0.717, 1.165) is 30.7 Å². The number of ether oxygens (including phenoxy) is 2. The highest BCUT2D eigenvalue weighted by atomic mass is 16.5. The molecule has 2 aromatic carbocycles. The van der Waals surface area contributed by atoms with Gasteiger partial charge in [0.2, 0.25) is 0 Å². The number of benzene rings is 2. The van der Waals surface area contributed by atoms with Crippen LogP contribution in [0.25, 0.3) is 5.57 Å². The van der Waals surface area contributed by atoms with E-state index in [1.807, 2.05) is 68.4 Å². The Bertz CT molecular complexity index is 791. The zero-order chi connectivity index (χ0) is 22.3. The first-order valence-corrected chi connectivity index (χ1v) is 10.8. The maximum Gasteiger partial charge on any atom is 0.257 e. The Morgan fingerprint density at radius 2 is 1.74 bits per heavy atom. The quantitative estimate of drug-likeness (QED) is 0.404. The lowest BCUT2D eigenvalue weighted by Crippen LogP contribution is -2.32. The molecular formula is C25H34N2O4. The van der Waals surface area contributed by atoms with Gasteiger partial charge in [-0.1, -0.05) is 43.3 Å². The number of aliphatic hydroxyl groups excluding tert-OH is 1. The van der Waals surface area contributed by atoms with Gasteiger partial charge < -0.3 is 25.2 Å². The summed E-state index contributed by atoms with van der Waals surface area (Å²) >= 11 is 0. The average Bonchev–Trinajstić information content (AvgIpc) is 2.81. The van der Waals surface area contributed by atoms with Crippen molar-refractivity contribution in [1.82, 2.24) is 10.6 Å². The third-order valence-electron chi connectivity index (χ3n) is 4.65. The summed E-state index contributed by atoms with van der Waals surface area (Å²) in [4.78, 5) is 11.6. The van der Waals surface area contributed by atoms with Gasteiger partial charge in [-0.25, -0.2) is 0 Å². The topological polar surface area (TPSA) is 79.8 Å². The third-order valence-corrected chi connectivity index (χ3v) is 4.65. The van der Waals surface area contributed by atoms with E-state index in [4.69, 9.17) is 9.47 Å². The van der Waals surface area contributed by atoms with Crippen LogP contribution in [0.1, 0.15) is 32.3 Å². The molecule has 3 N–H and O–H groups in total. The fourth-order valence-corrected chi connectivity index (χ4v) is 2.94. The van der Waals surface area contributed by atoms with Crippen molar-refractivity contribution in [3.8, 4) is 11.5 Å². The molecule has 1 amide bonds. The Labute approximate surface area is 185 Å². The second-order valence-electron chi connectivity index (χ2n) is 7.21. The molecule has 0 aliphatic heterocycles. The van der Waals surface area contributed by atoms with Crippen LogP contribution in [0.15, 0.2) is 60.7 Å². The van der Waals surface area contributed by atoms with E-state index in [-0.39, 0.29) is 19.1 Å². The monoisotopic (exact) mass is 426 g/mol. The number of allylic oxidation sites excluding steroid dienone is 1. The number of hydrogen-bond acceptors (Lipinski definition) is 5. The predicted molar refractivity (Wildman–Crippen MR) is 124 cm³/mol. The van der Waals surface area contributed by atoms with Crippen LogP contribution in [0.5, 0.6) is 11.5 Å². The normalized spacial score (nSPS) is 12.3. The summed E-state index contributed by atoms with van der Waals surface area (Å²) < 4.78 is 11.1. The van der Waals surface area contributed by atoms with Crippen molar-refractivity contribution in [3.63, 3.8) is 0 Å². The molecule has 1 unspecified atom stereocenters. The van der Waals surface area contributed by atoms with Gasteiger partial charge in [-0.2, -0.15) is 0 Å². The van der Waals surface area contributed by atoms with Crippen LogP contribution in [0, 0.1) is 0 Å². The minimum Gasteiger partial charge on any atom is -0.491 e. The largest absolute Gasteiger partial charge is 0.491 e. The summed E-state index contributed by atoms with van der Waals surface area (Å²) in [6, 6.07) is 17.2. The van der Waals surface area contributed by atoms with E-state index in [1.54, 1.807) is 0 Å². The molecule has 0 aromatic heterocycles. The fourth-order valence-electron chi connectivity index (χ4n) is 2.94. The van der Waals surface area contributed by atoms with E-state index in [0.29, 0.717) is 18.8 Å². The Kier molecular flexibility index (Phi) is 11.2. The zero-order valence-electron chi connectivity index (χ0n) is 18.5. The molecule has 6 nitrogen and oxygen atoms in total. The second kappa shape index (κ2) is 14.2. The van der Waals surface area contributed by atoms with Crippen molar-refractivity contribution < 1.29 is 19.4 Å². The lowest BCUT2D eigenvalue weighted by molar-refractivity contribution is -0.123. The fraction of sp³-hybridized carbons (Fsp3) is 0.400. The number of hydrogen-bond donors (Lipinski definition) is 3. The molecule has 31 heavy (non-hydrogen) atoms. The minimum atomic E-state index is -0.569. The Balaban J connectivity index is 1.68. The molecule has 0 aliphatic rings. The molecule has 0 saturated carbocycles. The number of aliphatic hydroxyl groups is 1. The van der Waals surface area contributed by atoms with Gasteiger partial charge in [0, 0.05) is 13.1 Å². The number of amides is 1.